The van der Waals surface area contributed by atoms with E-state index < -0.39 is 0 Å². The maximum absolute atomic E-state index is 11.0. The van der Waals surface area contributed by atoms with Crippen molar-refractivity contribution in [1.82, 2.24) is 4.57 Å². The fourth-order valence-electron chi connectivity index (χ4n) is 3.45. The molecule has 3 aromatic rings. The van der Waals surface area contributed by atoms with E-state index in [1.807, 2.05) is 24.3 Å². The molecule has 2 aromatic carbocycles. The van der Waals surface area contributed by atoms with Gasteiger partial charge in [0.25, 0.3) is 0 Å². The lowest BCUT2D eigenvalue weighted by atomic mass is 9.85. The molecule has 130 valence electrons. The predicted octanol–water partition coefficient (Wildman–Crippen LogP) is 6.32. The number of aromatic nitrogens is 1. The van der Waals surface area contributed by atoms with Gasteiger partial charge in [-0.15, -0.1) is 0 Å². The van der Waals surface area contributed by atoms with Crippen LogP contribution in [-0.4, -0.2) is 9.67 Å². The highest BCUT2D eigenvalue weighted by molar-refractivity contribution is 9.08. The van der Waals surface area contributed by atoms with Gasteiger partial charge in [0.1, 0.15) is 5.75 Å². The molecular formula is C23H20BrNO. The lowest BCUT2D eigenvalue weighted by Gasteiger charge is -2.23. The number of aromatic hydroxyl groups is 1. The zero-order valence-electron chi connectivity index (χ0n) is 15.1. The molecule has 0 radical (unpaired) electrons. The second-order valence-corrected chi connectivity index (χ2v) is 8.18. The number of phenolic OH excluding ortho intramolecular Hbond substituents is 1. The molecule has 26 heavy (non-hydrogen) atoms. The fraction of sp³-hybridized carbons (Fsp3) is 0.217. The van der Waals surface area contributed by atoms with Gasteiger partial charge in [0.05, 0.1) is 16.9 Å². The molecule has 1 N–H and O–H groups in total. The van der Waals surface area contributed by atoms with Crippen molar-refractivity contribution in [3.8, 4) is 11.4 Å². The van der Waals surface area contributed by atoms with Crippen LogP contribution in [0.3, 0.4) is 0 Å². The number of hydrogen-bond donors (Lipinski definition) is 1. The van der Waals surface area contributed by atoms with Crippen LogP contribution >= 0.6 is 15.9 Å². The van der Waals surface area contributed by atoms with Gasteiger partial charge in [-0.2, -0.15) is 0 Å². The van der Waals surface area contributed by atoms with Crippen LogP contribution in [0, 0.1) is 0 Å². The second kappa shape index (κ2) is 6.07. The van der Waals surface area contributed by atoms with Gasteiger partial charge >= 0.3 is 0 Å². The quantitative estimate of drug-likeness (QED) is 0.306. The summed E-state index contributed by atoms with van der Waals surface area (Å²) in [6.45, 7) is 6.57. The molecule has 0 bridgehead atoms. The fourth-order valence-corrected chi connectivity index (χ4v) is 3.87. The van der Waals surface area contributed by atoms with Crippen LogP contribution in [0.1, 0.15) is 43.2 Å². The highest BCUT2D eigenvalue weighted by atomic mass is 79.9. The van der Waals surface area contributed by atoms with Crippen LogP contribution in [-0.2, 0) is 10.7 Å². The SMILES string of the molecule is CC(C)(C)c1cc(CBr)c(O)c(-n2c3c(c4ccccc42)C=C=C=C3)c1. The Balaban J connectivity index is 2.13. The Bertz CT molecular complexity index is 1130. The van der Waals surface area contributed by atoms with Crippen molar-refractivity contribution < 1.29 is 5.11 Å². The summed E-state index contributed by atoms with van der Waals surface area (Å²) in [6, 6.07) is 12.5. The summed E-state index contributed by atoms with van der Waals surface area (Å²) >= 11 is 3.53. The van der Waals surface area contributed by atoms with Crippen molar-refractivity contribution in [2.75, 3.05) is 0 Å². The van der Waals surface area contributed by atoms with E-state index in [2.05, 4.69) is 77.0 Å². The Hall–Kier alpha value is -2.44. The number of para-hydroxylation sites is 1. The molecule has 4 rings (SSSR count). The van der Waals surface area contributed by atoms with Crippen LogP contribution in [0.15, 0.2) is 47.9 Å². The first kappa shape index (κ1) is 17.0. The standard InChI is InChI=1S/C23H20BrNO/c1-23(2,3)16-12-15(14-24)22(26)21(13-16)25-19-10-6-4-8-17(19)18-9-5-7-11-20(18)25/h4,6,8-13,26H,14H2,1-3H3. The van der Waals surface area contributed by atoms with Crippen LogP contribution in [0.4, 0.5) is 0 Å². The zero-order chi connectivity index (χ0) is 18.5. The largest absolute Gasteiger partial charge is 0.505 e. The summed E-state index contributed by atoms with van der Waals surface area (Å²) in [6.07, 6.45) is 3.90. The van der Waals surface area contributed by atoms with Crippen LogP contribution in [0.25, 0.3) is 28.7 Å². The van der Waals surface area contributed by atoms with E-state index in [1.54, 1.807) is 0 Å². The lowest BCUT2D eigenvalue weighted by molar-refractivity contribution is 0.466. The van der Waals surface area contributed by atoms with Gasteiger partial charge in [-0.05, 0) is 29.2 Å². The number of alkyl halides is 1. The zero-order valence-corrected chi connectivity index (χ0v) is 16.7. The summed E-state index contributed by atoms with van der Waals surface area (Å²) in [5.74, 6) is 0.311. The molecule has 1 heterocycles. The number of fused-ring (bicyclic) bond motifs is 3. The van der Waals surface area contributed by atoms with Crippen molar-refractivity contribution in [2.24, 2.45) is 0 Å². The molecule has 0 atom stereocenters. The maximum atomic E-state index is 11.0. The number of rotatable bonds is 2. The summed E-state index contributed by atoms with van der Waals surface area (Å²) in [5, 5.41) is 12.8. The Morgan fingerprint density at radius 3 is 2.54 bits per heavy atom. The van der Waals surface area contributed by atoms with Gasteiger partial charge in [0.2, 0.25) is 0 Å². The predicted molar refractivity (Wildman–Crippen MR) is 112 cm³/mol. The number of benzene rings is 2. The minimum atomic E-state index is -0.0158. The Kier molecular flexibility index (Phi) is 3.97. The molecule has 1 aromatic heterocycles. The monoisotopic (exact) mass is 405 g/mol. The molecule has 0 amide bonds. The second-order valence-electron chi connectivity index (χ2n) is 7.62. The molecule has 1 aliphatic carbocycles. The Morgan fingerprint density at radius 1 is 1.08 bits per heavy atom. The van der Waals surface area contributed by atoms with E-state index in [9.17, 15) is 5.11 Å². The van der Waals surface area contributed by atoms with Gasteiger partial charge in [-0.3, -0.25) is 0 Å². The average molecular weight is 406 g/mol. The molecule has 0 fully saturated rings. The van der Waals surface area contributed by atoms with Crippen molar-refractivity contribution in [1.29, 1.82) is 0 Å². The van der Waals surface area contributed by atoms with Gasteiger partial charge in [-0.25, -0.2) is 0 Å². The summed E-state index contributed by atoms with van der Waals surface area (Å²) in [5.41, 5.74) is 12.2. The van der Waals surface area contributed by atoms with E-state index in [4.69, 9.17) is 0 Å². The minimum Gasteiger partial charge on any atom is -0.505 e. The first-order chi connectivity index (χ1) is 12.4. The van der Waals surface area contributed by atoms with Gasteiger partial charge in [0.15, 0.2) is 0 Å². The lowest BCUT2D eigenvalue weighted by Crippen LogP contribution is -2.13. The highest BCUT2D eigenvalue weighted by Gasteiger charge is 2.23. The number of phenols is 1. The Morgan fingerprint density at radius 2 is 1.81 bits per heavy atom. The van der Waals surface area contributed by atoms with Crippen LogP contribution in [0.5, 0.6) is 5.75 Å². The molecule has 2 nitrogen and oxygen atoms in total. The minimum absolute atomic E-state index is 0.0158. The third-order valence-corrected chi connectivity index (χ3v) is 5.48. The van der Waals surface area contributed by atoms with E-state index in [0.717, 1.165) is 33.4 Å². The smallest absolute Gasteiger partial charge is 0.143 e. The molecule has 0 saturated heterocycles. The van der Waals surface area contributed by atoms with E-state index in [-0.39, 0.29) is 5.41 Å². The van der Waals surface area contributed by atoms with E-state index in [0.29, 0.717) is 11.1 Å². The Labute approximate surface area is 161 Å². The third kappa shape index (κ3) is 2.57. The molecule has 0 spiro atoms. The molecule has 1 aliphatic rings. The summed E-state index contributed by atoms with van der Waals surface area (Å²) < 4.78 is 2.13. The van der Waals surface area contributed by atoms with Crippen molar-refractivity contribution >= 4 is 39.0 Å². The summed E-state index contributed by atoms with van der Waals surface area (Å²) in [4.78, 5) is 0. The molecular weight excluding hydrogens is 386 g/mol. The normalized spacial score (nSPS) is 12.8. The van der Waals surface area contributed by atoms with Crippen molar-refractivity contribution in [3.05, 3.63) is 70.2 Å². The number of nitrogens with zero attached hydrogens (tertiary/aromatic N) is 1. The highest BCUT2D eigenvalue weighted by Crippen LogP contribution is 2.39. The van der Waals surface area contributed by atoms with Crippen molar-refractivity contribution in [3.63, 3.8) is 0 Å². The molecule has 3 heteroatoms. The molecule has 0 aliphatic heterocycles. The van der Waals surface area contributed by atoms with E-state index >= 15 is 0 Å². The first-order valence-electron chi connectivity index (χ1n) is 8.65. The van der Waals surface area contributed by atoms with Crippen LogP contribution < -0.4 is 0 Å². The number of halogens is 1. The van der Waals surface area contributed by atoms with Crippen LogP contribution in [0.2, 0.25) is 0 Å². The first-order valence-corrected chi connectivity index (χ1v) is 9.77. The third-order valence-electron chi connectivity index (χ3n) is 4.88. The average Bonchev–Trinajstić information content (AvgIpc) is 2.95. The van der Waals surface area contributed by atoms with Gasteiger partial charge < -0.3 is 9.67 Å². The molecule has 0 unspecified atom stereocenters. The van der Waals surface area contributed by atoms with Crippen molar-refractivity contribution in [2.45, 2.75) is 31.5 Å². The number of hydrogen-bond acceptors (Lipinski definition) is 1. The molecule has 0 saturated carbocycles. The van der Waals surface area contributed by atoms with Gasteiger partial charge in [0, 0.05) is 27.9 Å². The van der Waals surface area contributed by atoms with E-state index in [1.165, 1.54) is 5.56 Å². The van der Waals surface area contributed by atoms with Gasteiger partial charge in [-0.1, -0.05) is 72.4 Å². The maximum Gasteiger partial charge on any atom is 0.143 e. The summed E-state index contributed by atoms with van der Waals surface area (Å²) in [7, 11) is 0. The topological polar surface area (TPSA) is 25.2 Å².